The van der Waals surface area contributed by atoms with E-state index in [0.717, 1.165) is 70.6 Å². The Hall–Kier alpha value is -2.66. The van der Waals surface area contributed by atoms with Crippen LogP contribution in [0.15, 0.2) is 72.9 Å². The number of ether oxygens (including phenoxy) is 3. The van der Waals surface area contributed by atoms with Crippen LogP contribution in [0.25, 0.3) is 0 Å². The van der Waals surface area contributed by atoms with Crippen LogP contribution in [-0.2, 0) is 23.8 Å². The van der Waals surface area contributed by atoms with E-state index in [0.29, 0.717) is 19.4 Å². The Kier molecular flexibility index (Phi) is 48.4. The van der Waals surface area contributed by atoms with Crippen LogP contribution in [0, 0.1) is 0 Å². The molecule has 0 aliphatic rings. The number of rotatable bonds is 46. The summed E-state index contributed by atoms with van der Waals surface area (Å²) >= 11 is 0. The van der Waals surface area contributed by atoms with E-state index in [1.54, 1.807) is 0 Å². The van der Waals surface area contributed by atoms with Crippen molar-refractivity contribution in [1.29, 1.82) is 0 Å². The van der Waals surface area contributed by atoms with E-state index in [4.69, 9.17) is 14.2 Å². The molecule has 0 aromatic heterocycles. The maximum atomic E-state index is 12.8. The van der Waals surface area contributed by atoms with Crippen LogP contribution in [0.3, 0.4) is 0 Å². The molecule has 0 aromatic carbocycles. The molecule has 0 saturated heterocycles. The fraction of sp³-hybridized carbons (Fsp3) is 0.745. The summed E-state index contributed by atoms with van der Waals surface area (Å²) in [5.41, 5.74) is 0. The topological polar surface area (TPSA) is 61.8 Å². The standard InChI is InChI=1S/C55H96O5/c1-4-7-10-13-16-19-22-24-26-28-29-31-34-36-39-42-45-48-54(56)59-52-53(60-55(57)49-46-43-40-37-33-21-18-15-12-9-6-3)51-58-50-47-44-41-38-35-32-30-27-25-23-20-17-14-11-8-5-2/h7,10,16,19,24-27,29,31,36,39,53H,4-6,8-9,11-15,17-18,20-23,28,30,32-35,37-38,40-52H2,1-3H3/b10-7-,19-16-,26-24-,27-25-,31-29-,39-36-. The van der Waals surface area contributed by atoms with Gasteiger partial charge in [-0.1, -0.05) is 216 Å². The maximum Gasteiger partial charge on any atom is 0.306 e. The molecule has 60 heavy (non-hydrogen) atoms. The summed E-state index contributed by atoms with van der Waals surface area (Å²) in [5.74, 6) is -0.465. The van der Waals surface area contributed by atoms with E-state index < -0.39 is 6.10 Å². The molecule has 346 valence electrons. The number of hydrogen-bond acceptors (Lipinski definition) is 5. The smallest absolute Gasteiger partial charge is 0.306 e. The highest BCUT2D eigenvalue weighted by atomic mass is 16.6. The van der Waals surface area contributed by atoms with Crippen LogP contribution in [-0.4, -0.2) is 37.9 Å². The van der Waals surface area contributed by atoms with Gasteiger partial charge in [0.25, 0.3) is 0 Å². The molecule has 0 saturated carbocycles. The second-order valence-corrected chi connectivity index (χ2v) is 16.7. The van der Waals surface area contributed by atoms with Gasteiger partial charge < -0.3 is 14.2 Å². The average molecular weight is 837 g/mol. The van der Waals surface area contributed by atoms with Crippen molar-refractivity contribution in [2.24, 2.45) is 0 Å². The highest BCUT2D eigenvalue weighted by Crippen LogP contribution is 2.14. The minimum atomic E-state index is -0.561. The normalized spacial score (nSPS) is 12.8. The van der Waals surface area contributed by atoms with Crippen LogP contribution in [0.4, 0.5) is 0 Å². The quantitative estimate of drug-likeness (QED) is 0.0347. The lowest BCUT2D eigenvalue weighted by atomic mass is 10.1. The molecule has 1 unspecified atom stereocenters. The van der Waals surface area contributed by atoms with Gasteiger partial charge in [-0.3, -0.25) is 9.59 Å². The number of carbonyl (C=O) groups is 2. The Morgan fingerprint density at radius 1 is 0.383 bits per heavy atom. The second-order valence-electron chi connectivity index (χ2n) is 16.7. The van der Waals surface area contributed by atoms with E-state index in [1.807, 2.05) is 0 Å². The van der Waals surface area contributed by atoms with Gasteiger partial charge in [-0.2, -0.15) is 0 Å². The van der Waals surface area contributed by atoms with E-state index in [-0.39, 0.29) is 25.2 Å². The van der Waals surface area contributed by atoms with Crippen molar-refractivity contribution in [3.63, 3.8) is 0 Å². The van der Waals surface area contributed by atoms with Crippen molar-refractivity contribution in [3.05, 3.63) is 72.9 Å². The van der Waals surface area contributed by atoms with Crippen LogP contribution in [0.1, 0.15) is 239 Å². The molecule has 0 aliphatic heterocycles. The van der Waals surface area contributed by atoms with Crippen molar-refractivity contribution in [2.45, 2.75) is 245 Å². The van der Waals surface area contributed by atoms with Crippen LogP contribution >= 0.6 is 0 Å². The summed E-state index contributed by atoms with van der Waals surface area (Å²) in [5, 5.41) is 0. The number of hydrogen-bond donors (Lipinski definition) is 0. The van der Waals surface area contributed by atoms with E-state index in [9.17, 15) is 9.59 Å². The minimum absolute atomic E-state index is 0.0535. The summed E-state index contributed by atoms with van der Waals surface area (Å²) in [7, 11) is 0. The molecular formula is C55H96O5. The largest absolute Gasteiger partial charge is 0.462 e. The van der Waals surface area contributed by atoms with Gasteiger partial charge in [0.1, 0.15) is 6.61 Å². The lowest BCUT2D eigenvalue weighted by Gasteiger charge is -2.18. The molecule has 0 amide bonds. The molecule has 0 N–H and O–H groups in total. The first-order valence-corrected chi connectivity index (χ1v) is 25.5. The molecule has 5 nitrogen and oxygen atoms in total. The SMILES string of the molecule is CC/C=C\C/C=C\C/C=C\C/C=C\C/C=C\CCCC(=O)OCC(COCCCCCCCC/C=C\CCCCCCCC)OC(=O)CCCCCCCCCCCCC. The van der Waals surface area contributed by atoms with Gasteiger partial charge in [-0.05, 0) is 83.5 Å². The number of allylic oxidation sites excluding steroid dienone is 12. The van der Waals surface area contributed by atoms with Crippen molar-refractivity contribution < 1.29 is 23.8 Å². The first kappa shape index (κ1) is 57.3. The Bertz CT molecular complexity index is 1080. The molecule has 5 heteroatoms. The molecule has 0 heterocycles. The van der Waals surface area contributed by atoms with Gasteiger partial charge in [0, 0.05) is 19.4 Å². The summed E-state index contributed by atoms with van der Waals surface area (Å²) in [6, 6.07) is 0. The van der Waals surface area contributed by atoms with Crippen molar-refractivity contribution in [3.8, 4) is 0 Å². The molecule has 0 aromatic rings. The molecular weight excluding hydrogens is 741 g/mol. The lowest BCUT2D eigenvalue weighted by Crippen LogP contribution is -2.30. The zero-order valence-corrected chi connectivity index (χ0v) is 39.7. The Morgan fingerprint density at radius 3 is 1.27 bits per heavy atom. The highest BCUT2D eigenvalue weighted by Gasteiger charge is 2.17. The third kappa shape index (κ3) is 48.0. The molecule has 0 rings (SSSR count). The first-order chi connectivity index (χ1) is 29.6. The number of carbonyl (C=O) groups excluding carboxylic acids is 2. The molecule has 0 spiro atoms. The lowest BCUT2D eigenvalue weighted by molar-refractivity contribution is -0.163. The van der Waals surface area contributed by atoms with Gasteiger partial charge in [-0.15, -0.1) is 0 Å². The second kappa shape index (κ2) is 50.7. The predicted molar refractivity (Wildman–Crippen MR) is 260 cm³/mol. The Morgan fingerprint density at radius 2 is 0.767 bits per heavy atom. The Labute approximate surface area is 372 Å². The number of unbranched alkanes of at least 4 members (excludes halogenated alkanes) is 23. The van der Waals surface area contributed by atoms with Crippen LogP contribution in [0.5, 0.6) is 0 Å². The first-order valence-electron chi connectivity index (χ1n) is 25.5. The third-order valence-electron chi connectivity index (χ3n) is 10.7. The molecule has 0 fully saturated rings. The monoisotopic (exact) mass is 837 g/mol. The van der Waals surface area contributed by atoms with E-state index in [2.05, 4.69) is 93.7 Å². The minimum Gasteiger partial charge on any atom is -0.462 e. The fourth-order valence-electron chi connectivity index (χ4n) is 6.95. The maximum absolute atomic E-state index is 12.8. The van der Waals surface area contributed by atoms with Gasteiger partial charge in [0.15, 0.2) is 6.10 Å². The molecule has 0 bridgehead atoms. The van der Waals surface area contributed by atoms with Crippen molar-refractivity contribution in [1.82, 2.24) is 0 Å². The fourth-order valence-corrected chi connectivity index (χ4v) is 6.95. The third-order valence-corrected chi connectivity index (χ3v) is 10.7. The predicted octanol–water partition coefficient (Wildman–Crippen LogP) is 17.1. The zero-order valence-electron chi connectivity index (χ0n) is 39.7. The summed E-state index contributed by atoms with van der Waals surface area (Å²) < 4.78 is 17.3. The zero-order chi connectivity index (χ0) is 43.5. The van der Waals surface area contributed by atoms with Gasteiger partial charge in [0.2, 0.25) is 0 Å². The molecule has 1 atom stereocenters. The molecule has 0 aliphatic carbocycles. The Balaban J connectivity index is 4.34. The summed E-state index contributed by atoms with van der Waals surface area (Å²) in [4.78, 5) is 25.3. The van der Waals surface area contributed by atoms with Gasteiger partial charge in [-0.25, -0.2) is 0 Å². The number of esters is 2. The van der Waals surface area contributed by atoms with E-state index in [1.165, 1.54) is 135 Å². The summed E-state index contributed by atoms with van der Waals surface area (Å²) in [6.07, 6.45) is 64.8. The highest BCUT2D eigenvalue weighted by molar-refractivity contribution is 5.70. The van der Waals surface area contributed by atoms with E-state index >= 15 is 0 Å². The van der Waals surface area contributed by atoms with Gasteiger partial charge in [0.05, 0.1) is 6.61 Å². The van der Waals surface area contributed by atoms with Crippen molar-refractivity contribution in [2.75, 3.05) is 19.8 Å². The van der Waals surface area contributed by atoms with Crippen LogP contribution < -0.4 is 0 Å². The molecule has 0 radical (unpaired) electrons. The van der Waals surface area contributed by atoms with Crippen LogP contribution in [0.2, 0.25) is 0 Å². The van der Waals surface area contributed by atoms with Gasteiger partial charge >= 0.3 is 11.9 Å². The van der Waals surface area contributed by atoms with Crippen molar-refractivity contribution >= 4 is 11.9 Å². The summed E-state index contributed by atoms with van der Waals surface area (Å²) in [6.45, 7) is 7.64. The average Bonchev–Trinajstić information content (AvgIpc) is 3.25.